The fraction of sp³-hybridized carbons (Fsp3) is 0.0513. The van der Waals surface area contributed by atoms with Gasteiger partial charge < -0.3 is 4.42 Å². The summed E-state index contributed by atoms with van der Waals surface area (Å²) >= 11 is 0. The highest BCUT2D eigenvalue weighted by atomic mass is 16.4. The molecule has 44 heavy (non-hydrogen) atoms. The zero-order chi connectivity index (χ0) is 29.6. The smallest absolute Gasteiger partial charge is 0.248 e. The molecule has 0 N–H and O–H groups in total. The van der Waals surface area contributed by atoms with E-state index in [9.17, 15) is 0 Å². The quantitative estimate of drug-likeness (QED) is 0.171. The first kappa shape index (κ1) is 27.0. The Morgan fingerprint density at radius 2 is 1.02 bits per heavy atom. The second kappa shape index (κ2) is 12.6. The number of rotatable bonds is 8. The SMILES string of the molecule is C(=C\c1ccccc1)/C1=NN(c2ccc(/C=C/c3ccc(-c4nnc(-c5ccccc5)o4)cc3)cc2)[C@@H](c2ccccc2)C1. The zero-order valence-corrected chi connectivity index (χ0v) is 24.1. The van der Waals surface area contributed by atoms with Crippen LogP contribution in [0.15, 0.2) is 155 Å². The lowest BCUT2D eigenvalue weighted by Crippen LogP contribution is -2.18. The first-order valence-corrected chi connectivity index (χ1v) is 14.7. The Labute approximate surface area is 257 Å². The standard InChI is InChI=1S/C39H30N4O/c1-4-10-29(11-5-1)20-25-35-28-37(32-12-6-2-7-13-32)43(42-35)36-26-21-31(22-27-36)17-16-30-18-23-34(24-19-30)39-41-40-38(44-39)33-14-8-3-9-15-33/h1-27,37H,28H2/b17-16+,25-20+/t37-/m1/s1. The molecule has 1 aliphatic heterocycles. The van der Waals surface area contributed by atoms with Crippen LogP contribution in [0.2, 0.25) is 0 Å². The van der Waals surface area contributed by atoms with Crippen molar-refractivity contribution in [3.63, 3.8) is 0 Å². The van der Waals surface area contributed by atoms with Crippen LogP contribution in [0.4, 0.5) is 5.69 Å². The van der Waals surface area contributed by atoms with Crippen LogP contribution < -0.4 is 5.01 Å². The fourth-order valence-corrected chi connectivity index (χ4v) is 5.27. The molecule has 7 rings (SSSR count). The van der Waals surface area contributed by atoms with Crippen LogP contribution in [-0.4, -0.2) is 15.9 Å². The van der Waals surface area contributed by atoms with Crippen molar-refractivity contribution in [1.82, 2.24) is 10.2 Å². The maximum absolute atomic E-state index is 5.90. The monoisotopic (exact) mass is 570 g/mol. The van der Waals surface area contributed by atoms with Crippen molar-refractivity contribution < 1.29 is 4.42 Å². The molecule has 0 bridgehead atoms. The van der Waals surface area contributed by atoms with Gasteiger partial charge in [-0.25, -0.2) is 0 Å². The molecule has 0 radical (unpaired) electrons. The topological polar surface area (TPSA) is 54.5 Å². The molecule has 212 valence electrons. The molecule has 1 atom stereocenters. The van der Waals surface area contributed by atoms with Gasteiger partial charge >= 0.3 is 0 Å². The number of benzene rings is 5. The number of aromatic nitrogens is 2. The summed E-state index contributed by atoms with van der Waals surface area (Å²) in [7, 11) is 0. The van der Waals surface area contributed by atoms with Gasteiger partial charge in [0.15, 0.2) is 0 Å². The average molecular weight is 571 g/mol. The molecule has 0 fully saturated rings. The number of allylic oxidation sites excluding steroid dienone is 1. The maximum atomic E-state index is 5.90. The third-order valence-electron chi connectivity index (χ3n) is 7.62. The molecule has 0 unspecified atom stereocenters. The van der Waals surface area contributed by atoms with Crippen molar-refractivity contribution in [3.05, 3.63) is 168 Å². The van der Waals surface area contributed by atoms with Crippen molar-refractivity contribution in [2.24, 2.45) is 5.10 Å². The molecule has 5 aromatic carbocycles. The predicted molar refractivity (Wildman–Crippen MR) is 180 cm³/mol. The third-order valence-corrected chi connectivity index (χ3v) is 7.62. The maximum Gasteiger partial charge on any atom is 0.248 e. The van der Waals surface area contributed by atoms with Crippen LogP contribution >= 0.6 is 0 Å². The van der Waals surface area contributed by atoms with Crippen molar-refractivity contribution >= 4 is 29.6 Å². The van der Waals surface area contributed by atoms with Crippen LogP contribution in [-0.2, 0) is 0 Å². The van der Waals surface area contributed by atoms with Crippen molar-refractivity contribution in [3.8, 4) is 22.9 Å². The highest BCUT2D eigenvalue weighted by Gasteiger charge is 2.28. The lowest BCUT2D eigenvalue weighted by molar-refractivity contribution is 0.584. The van der Waals surface area contributed by atoms with Gasteiger partial charge in [0.2, 0.25) is 11.8 Å². The summed E-state index contributed by atoms with van der Waals surface area (Å²) in [6.45, 7) is 0. The minimum atomic E-state index is 0.147. The number of hydrazone groups is 1. The molecule has 5 nitrogen and oxygen atoms in total. The summed E-state index contributed by atoms with van der Waals surface area (Å²) in [4.78, 5) is 0. The van der Waals surface area contributed by atoms with Crippen LogP contribution in [0.25, 0.3) is 41.1 Å². The van der Waals surface area contributed by atoms with E-state index in [0.29, 0.717) is 11.8 Å². The second-order valence-corrected chi connectivity index (χ2v) is 10.6. The van der Waals surface area contributed by atoms with Gasteiger partial charge in [-0.15, -0.1) is 10.2 Å². The third kappa shape index (κ3) is 6.18. The van der Waals surface area contributed by atoms with E-state index < -0.39 is 0 Å². The number of hydrogen-bond acceptors (Lipinski definition) is 5. The Balaban J connectivity index is 1.05. The zero-order valence-electron chi connectivity index (χ0n) is 24.1. The summed E-state index contributed by atoms with van der Waals surface area (Å²) in [5.41, 5.74) is 8.55. The fourth-order valence-electron chi connectivity index (χ4n) is 5.27. The average Bonchev–Trinajstić information content (AvgIpc) is 3.77. The van der Waals surface area contributed by atoms with Crippen LogP contribution in [0, 0.1) is 0 Å². The molecule has 6 aromatic rings. The Bertz CT molecular complexity index is 1910. The summed E-state index contributed by atoms with van der Waals surface area (Å²) in [5.74, 6) is 1.02. The van der Waals surface area contributed by atoms with Gasteiger partial charge in [0, 0.05) is 17.5 Å². The molecule has 1 aliphatic rings. The van der Waals surface area contributed by atoms with Gasteiger partial charge in [0.25, 0.3) is 0 Å². The van der Waals surface area contributed by atoms with Gasteiger partial charge in [-0.2, -0.15) is 5.10 Å². The molecule has 0 amide bonds. The van der Waals surface area contributed by atoms with E-state index in [1.807, 2.05) is 48.5 Å². The van der Waals surface area contributed by atoms with Crippen LogP contribution in [0.3, 0.4) is 0 Å². The van der Waals surface area contributed by atoms with Gasteiger partial charge in [0.1, 0.15) is 0 Å². The van der Waals surface area contributed by atoms with Crippen molar-refractivity contribution in [1.29, 1.82) is 0 Å². The van der Waals surface area contributed by atoms with Gasteiger partial charge in [0.05, 0.1) is 17.4 Å². The summed E-state index contributed by atoms with van der Waals surface area (Å²) in [6, 6.07) is 47.6. The van der Waals surface area contributed by atoms with Gasteiger partial charge in [-0.3, -0.25) is 5.01 Å². The first-order chi connectivity index (χ1) is 21.8. The Morgan fingerprint density at radius 1 is 0.523 bits per heavy atom. The molecule has 2 heterocycles. The van der Waals surface area contributed by atoms with Gasteiger partial charge in [-0.1, -0.05) is 121 Å². The van der Waals surface area contributed by atoms with Crippen LogP contribution in [0.1, 0.15) is 34.7 Å². The first-order valence-electron chi connectivity index (χ1n) is 14.7. The minimum Gasteiger partial charge on any atom is -0.416 e. The molecular weight excluding hydrogens is 540 g/mol. The lowest BCUT2D eigenvalue weighted by atomic mass is 10.0. The van der Waals surface area contributed by atoms with Gasteiger partial charge in [-0.05, 0) is 64.7 Å². The highest BCUT2D eigenvalue weighted by Crippen LogP contribution is 2.36. The second-order valence-electron chi connectivity index (χ2n) is 10.6. The van der Waals surface area contributed by atoms with E-state index in [1.54, 1.807) is 0 Å². The van der Waals surface area contributed by atoms with Crippen molar-refractivity contribution in [2.45, 2.75) is 12.5 Å². The molecule has 0 aliphatic carbocycles. The highest BCUT2D eigenvalue weighted by molar-refractivity contribution is 6.01. The van der Waals surface area contributed by atoms with E-state index in [4.69, 9.17) is 9.52 Å². The number of hydrogen-bond donors (Lipinski definition) is 0. The number of anilines is 1. The van der Waals surface area contributed by atoms with E-state index >= 15 is 0 Å². The van der Waals surface area contributed by atoms with Crippen molar-refractivity contribution in [2.75, 3.05) is 5.01 Å². The summed E-state index contributed by atoms with van der Waals surface area (Å²) < 4.78 is 5.90. The largest absolute Gasteiger partial charge is 0.416 e. The molecule has 0 saturated heterocycles. The normalized spacial score (nSPS) is 14.9. The lowest BCUT2D eigenvalue weighted by Gasteiger charge is -2.24. The molecule has 1 aromatic heterocycles. The molecular formula is C39H30N4O. The molecule has 0 saturated carbocycles. The molecule has 5 heteroatoms. The number of nitrogens with zero attached hydrogens (tertiary/aromatic N) is 4. The predicted octanol–water partition coefficient (Wildman–Crippen LogP) is 9.59. The van der Waals surface area contributed by atoms with E-state index in [1.165, 1.54) is 11.1 Å². The minimum absolute atomic E-state index is 0.147. The van der Waals surface area contributed by atoms with Crippen LogP contribution in [0.5, 0.6) is 0 Å². The Hall–Kier alpha value is -5.81. The summed E-state index contributed by atoms with van der Waals surface area (Å²) in [6.07, 6.45) is 9.34. The Morgan fingerprint density at radius 3 is 1.66 bits per heavy atom. The summed E-state index contributed by atoms with van der Waals surface area (Å²) in [5, 5.41) is 15.6. The van der Waals surface area contributed by atoms with E-state index in [2.05, 4.69) is 131 Å². The Kier molecular flexibility index (Phi) is 7.74. The van der Waals surface area contributed by atoms with E-state index in [-0.39, 0.29) is 6.04 Å². The van der Waals surface area contributed by atoms with E-state index in [0.717, 1.165) is 40.1 Å². The molecule has 0 spiro atoms.